The van der Waals surface area contributed by atoms with E-state index < -0.39 is 11.7 Å². The molecule has 23 heavy (non-hydrogen) atoms. The molecule has 1 saturated heterocycles. The van der Waals surface area contributed by atoms with Crippen molar-refractivity contribution in [3.8, 4) is 0 Å². The Morgan fingerprint density at radius 2 is 1.91 bits per heavy atom. The van der Waals surface area contributed by atoms with Crippen molar-refractivity contribution in [3.63, 3.8) is 0 Å². The predicted octanol–water partition coefficient (Wildman–Crippen LogP) is 4.18. The van der Waals surface area contributed by atoms with Gasteiger partial charge in [-0.15, -0.1) is 11.3 Å². The summed E-state index contributed by atoms with van der Waals surface area (Å²) < 4.78 is 39.4. The third-order valence-electron chi connectivity index (χ3n) is 4.10. The molecule has 1 fully saturated rings. The maximum absolute atomic E-state index is 13.1. The van der Waals surface area contributed by atoms with E-state index in [0.717, 1.165) is 6.07 Å². The number of rotatable bonds is 2. The first-order valence-corrected chi connectivity index (χ1v) is 8.19. The molecule has 1 aliphatic rings. The van der Waals surface area contributed by atoms with Crippen LogP contribution in [0.25, 0.3) is 0 Å². The van der Waals surface area contributed by atoms with E-state index in [-0.39, 0.29) is 11.8 Å². The Morgan fingerprint density at radius 1 is 1.22 bits per heavy atom. The first-order valence-electron chi connectivity index (χ1n) is 7.31. The Labute approximate surface area is 135 Å². The number of piperidine rings is 1. The van der Waals surface area contributed by atoms with E-state index in [4.69, 9.17) is 0 Å². The highest BCUT2D eigenvalue weighted by Gasteiger charge is 2.36. The molecule has 1 amide bonds. The third-order valence-corrected chi connectivity index (χ3v) is 4.86. The zero-order valence-electron chi connectivity index (χ0n) is 12.2. The summed E-state index contributed by atoms with van der Waals surface area (Å²) in [5.74, 6) is -0.310. The van der Waals surface area contributed by atoms with Crippen molar-refractivity contribution >= 4 is 17.2 Å². The number of halogens is 3. The van der Waals surface area contributed by atoms with Gasteiger partial charge in [0.25, 0.3) is 5.91 Å². The lowest BCUT2D eigenvalue weighted by molar-refractivity contribution is -0.138. The van der Waals surface area contributed by atoms with Gasteiger partial charge in [0.1, 0.15) is 0 Å². The van der Waals surface area contributed by atoms with Crippen LogP contribution in [0, 0.1) is 0 Å². The molecule has 7 heteroatoms. The third kappa shape index (κ3) is 3.39. The van der Waals surface area contributed by atoms with Gasteiger partial charge in [-0.05, 0) is 30.4 Å². The lowest BCUT2D eigenvalue weighted by Crippen LogP contribution is -2.38. The van der Waals surface area contributed by atoms with E-state index in [0.29, 0.717) is 36.5 Å². The molecule has 1 aromatic heterocycles. The van der Waals surface area contributed by atoms with Crippen LogP contribution >= 0.6 is 11.3 Å². The minimum absolute atomic E-state index is 0.137. The average molecular weight is 340 g/mol. The summed E-state index contributed by atoms with van der Waals surface area (Å²) in [6, 6.07) is 5.72. The highest BCUT2D eigenvalue weighted by atomic mass is 32.1. The van der Waals surface area contributed by atoms with E-state index in [9.17, 15) is 18.0 Å². The molecular weight excluding hydrogens is 325 g/mol. The fraction of sp³-hybridized carbons (Fsp3) is 0.375. The van der Waals surface area contributed by atoms with Crippen molar-refractivity contribution in [2.24, 2.45) is 0 Å². The topological polar surface area (TPSA) is 33.2 Å². The van der Waals surface area contributed by atoms with Gasteiger partial charge < -0.3 is 4.90 Å². The fourth-order valence-electron chi connectivity index (χ4n) is 2.97. The van der Waals surface area contributed by atoms with E-state index in [1.807, 2.05) is 0 Å². The van der Waals surface area contributed by atoms with Crippen molar-refractivity contribution in [3.05, 3.63) is 52.0 Å². The first kappa shape index (κ1) is 16.0. The second kappa shape index (κ2) is 6.31. The van der Waals surface area contributed by atoms with Crippen molar-refractivity contribution in [1.29, 1.82) is 0 Å². The van der Waals surface area contributed by atoms with Gasteiger partial charge in [-0.3, -0.25) is 4.79 Å². The molecule has 0 radical (unpaired) electrons. The minimum atomic E-state index is -4.34. The molecule has 0 saturated carbocycles. The van der Waals surface area contributed by atoms with Gasteiger partial charge in [0, 0.05) is 24.7 Å². The minimum Gasteiger partial charge on any atom is -0.337 e. The number of benzene rings is 1. The number of likely N-dealkylation sites (tertiary alicyclic amines) is 1. The maximum Gasteiger partial charge on any atom is 0.416 e. The largest absolute Gasteiger partial charge is 0.416 e. The monoisotopic (exact) mass is 340 g/mol. The van der Waals surface area contributed by atoms with Gasteiger partial charge in [0.05, 0.1) is 5.56 Å². The van der Waals surface area contributed by atoms with Crippen molar-refractivity contribution in [2.75, 3.05) is 13.1 Å². The smallest absolute Gasteiger partial charge is 0.337 e. The number of carbonyl (C=O) groups excluding carboxylic acids is 1. The molecule has 2 aromatic rings. The van der Waals surface area contributed by atoms with Crippen LogP contribution in [0.1, 0.15) is 39.7 Å². The Morgan fingerprint density at radius 3 is 2.52 bits per heavy atom. The SMILES string of the molecule is O=C(c1nccs1)N1CCC(c2ccccc2C(F)(F)F)CC1. The quantitative estimate of drug-likeness (QED) is 0.822. The molecule has 0 atom stereocenters. The summed E-state index contributed by atoms with van der Waals surface area (Å²) in [6.45, 7) is 0.907. The molecule has 0 unspecified atom stereocenters. The summed E-state index contributed by atoms with van der Waals surface area (Å²) in [6.07, 6.45) is -1.71. The van der Waals surface area contributed by atoms with Crippen LogP contribution in [0.5, 0.6) is 0 Å². The van der Waals surface area contributed by atoms with E-state index in [1.165, 1.54) is 17.4 Å². The van der Waals surface area contributed by atoms with Gasteiger partial charge in [-0.25, -0.2) is 4.98 Å². The molecule has 0 N–H and O–H groups in total. The predicted molar refractivity (Wildman–Crippen MR) is 81.4 cm³/mol. The summed E-state index contributed by atoms with van der Waals surface area (Å²) in [4.78, 5) is 17.9. The number of carbonyl (C=O) groups is 1. The molecule has 0 aliphatic carbocycles. The molecule has 3 nitrogen and oxygen atoms in total. The zero-order chi connectivity index (χ0) is 16.4. The van der Waals surface area contributed by atoms with Gasteiger partial charge in [-0.1, -0.05) is 18.2 Å². The van der Waals surface area contributed by atoms with Gasteiger partial charge in [-0.2, -0.15) is 13.2 Å². The van der Waals surface area contributed by atoms with Crippen LogP contribution in [-0.4, -0.2) is 28.9 Å². The Hall–Kier alpha value is -1.89. The molecule has 1 aliphatic heterocycles. The zero-order valence-corrected chi connectivity index (χ0v) is 13.0. The van der Waals surface area contributed by atoms with Crippen LogP contribution in [0.3, 0.4) is 0 Å². The lowest BCUT2D eigenvalue weighted by atomic mass is 9.86. The van der Waals surface area contributed by atoms with Crippen molar-refractivity contribution < 1.29 is 18.0 Å². The normalized spacial score (nSPS) is 16.6. The van der Waals surface area contributed by atoms with Gasteiger partial charge in [0.2, 0.25) is 0 Å². The molecule has 1 aromatic carbocycles. The van der Waals surface area contributed by atoms with Crippen LogP contribution in [0.2, 0.25) is 0 Å². The summed E-state index contributed by atoms with van der Waals surface area (Å²) >= 11 is 1.28. The maximum atomic E-state index is 13.1. The van der Waals surface area contributed by atoms with Crippen LogP contribution in [-0.2, 0) is 6.18 Å². The Kier molecular flexibility index (Phi) is 4.39. The molecule has 3 rings (SSSR count). The van der Waals surface area contributed by atoms with Crippen LogP contribution in [0.4, 0.5) is 13.2 Å². The molecule has 0 bridgehead atoms. The first-order chi connectivity index (χ1) is 11.0. The average Bonchev–Trinajstić information content (AvgIpc) is 3.08. The van der Waals surface area contributed by atoms with Crippen molar-refractivity contribution in [1.82, 2.24) is 9.88 Å². The molecule has 122 valence electrons. The number of nitrogens with zero attached hydrogens (tertiary/aromatic N) is 2. The lowest BCUT2D eigenvalue weighted by Gasteiger charge is -2.32. The number of alkyl halides is 3. The molecular formula is C16H15F3N2OS. The van der Waals surface area contributed by atoms with E-state index in [1.54, 1.807) is 28.6 Å². The number of hydrogen-bond donors (Lipinski definition) is 0. The highest BCUT2D eigenvalue weighted by molar-refractivity contribution is 7.11. The second-order valence-corrected chi connectivity index (χ2v) is 6.38. The summed E-state index contributed by atoms with van der Waals surface area (Å²) in [5.41, 5.74) is -0.231. The number of amides is 1. The van der Waals surface area contributed by atoms with Crippen molar-refractivity contribution in [2.45, 2.75) is 24.9 Å². The van der Waals surface area contributed by atoms with Gasteiger partial charge in [0.15, 0.2) is 5.01 Å². The number of hydrogen-bond acceptors (Lipinski definition) is 3. The standard InChI is InChI=1S/C16H15F3N2OS/c17-16(18,19)13-4-2-1-3-12(13)11-5-8-21(9-6-11)15(22)14-20-7-10-23-14/h1-4,7,10-11H,5-6,8-9H2. The van der Waals surface area contributed by atoms with Gasteiger partial charge >= 0.3 is 6.18 Å². The fourth-order valence-corrected chi connectivity index (χ4v) is 3.57. The number of thiazole rings is 1. The Bertz CT molecular complexity index is 677. The van der Waals surface area contributed by atoms with E-state index >= 15 is 0 Å². The van der Waals surface area contributed by atoms with Crippen LogP contribution in [0.15, 0.2) is 35.8 Å². The summed E-state index contributed by atoms with van der Waals surface area (Å²) in [7, 11) is 0. The second-order valence-electron chi connectivity index (χ2n) is 5.49. The van der Waals surface area contributed by atoms with Crippen LogP contribution < -0.4 is 0 Å². The Balaban J connectivity index is 1.72. The molecule has 2 heterocycles. The molecule has 0 spiro atoms. The summed E-state index contributed by atoms with van der Waals surface area (Å²) in [5, 5.41) is 2.17. The number of aromatic nitrogens is 1. The highest BCUT2D eigenvalue weighted by Crippen LogP contribution is 2.38. The van der Waals surface area contributed by atoms with E-state index in [2.05, 4.69) is 4.98 Å².